The first-order valence-electron chi connectivity index (χ1n) is 28.6. The average molecular weight is 1000 g/mol. The molecule has 0 spiro atoms. The molecule has 1 unspecified atom stereocenters. The highest BCUT2D eigenvalue weighted by molar-refractivity contribution is 5.71. The summed E-state index contributed by atoms with van der Waals surface area (Å²) in [6, 6.07) is 0. The second-order valence-corrected chi connectivity index (χ2v) is 18.0. The Hall–Kier alpha value is -5.23. The van der Waals surface area contributed by atoms with Crippen LogP contribution in [0.25, 0.3) is 0 Å². The molecule has 0 saturated heterocycles. The molecule has 0 aromatic rings. The van der Waals surface area contributed by atoms with Crippen molar-refractivity contribution in [3.05, 3.63) is 170 Å². The van der Waals surface area contributed by atoms with Gasteiger partial charge in [-0.25, -0.2) is 0 Å². The van der Waals surface area contributed by atoms with Crippen molar-refractivity contribution in [1.82, 2.24) is 0 Å². The number of esters is 3. The van der Waals surface area contributed by atoms with Gasteiger partial charge in [-0.05, 0) is 141 Å². The average Bonchev–Trinajstić information content (AvgIpc) is 3.39. The van der Waals surface area contributed by atoms with E-state index in [4.69, 9.17) is 14.2 Å². The topological polar surface area (TPSA) is 78.9 Å². The van der Waals surface area contributed by atoms with Crippen LogP contribution in [0.2, 0.25) is 0 Å². The molecule has 0 fully saturated rings. The van der Waals surface area contributed by atoms with Crippen LogP contribution in [0.5, 0.6) is 0 Å². The van der Waals surface area contributed by atoms with Gasteiger partial charge >= 0.3 is 17.9 Å². The third-order valence-corrected chi connectivity index (χ3v) is 11.2. The highest BCUT2D eigenvalue weighted by atomic mass is 16.6. The first-order valence-corrected chi connectivity index (χ1v) is 28.6. The zero-order valence-corrected chi connectivity index (χ0v) is 46.3. The zero-order valence-electron chi connectivity index (χ0n) is 46.3. The lowest BCUT2D eigenvalue weighted by Crippen LogP contribution is -2.30. The van der Waals surface area contributed by atoms with Gasteiger partial charge in [-0.3, -0.25) is 14.4 Å². The number of hydrogen-bond donors (Lipinski definition) is 0. The number of carbonyl (C=O) groups excluding carboxylic acids is 3. The van der Waals surface area contributed by atoms with Crippen LogP contribution < -0.4 is 0 Å². The summed E-state index contributed by atoms with van der Waals surface area (Å²) in [5.74, 6) is -1.04. The monoisotopic (exact) mass is 1000 g/mol. The smallest absolute Gasteiger partial charge is 0.306 e. The molecular formula is C67H102O6. The maximum atomic E-state index is 12.8. The van der Waals surface area contributed by atoms with E-state index in [-0.39, 0.29) is 37.5 Å². The molecule has 0 amide bonds. The van der Waals surface area contributed by atoms with Crippen LogP contribution in [0, 0.1) is 0 Å². The van der Waals surface area contributed by atoms with Crippen molar-refractivity contribution in [2.24, 2.45) is 0 Å². The maximum absolute atomic E-state index is 12.8. The van der Waals surface area contributed by atoms with E-state index in [1.54, 1.807) is 0 Å². The van der Waals surface area contributed by atoms with Crippen molar-refractivity contribution in [3.8, 4) is 0 Å². The van der Waals surface area contributed by atoms with Gasteiger partial charge in [0.25, 0.3) is 0 Å². The normalized spacial score (nSPS) is 13.4. The Labute approximate surface area is 447 Å². The lowest BCUT2D eigenvalue weighted by Gasteiger charge is -2.18. The van der Waals surface area contributed by atoms with Crippen LogP contribution in [0.1, 0.15) is 213 Å². The van der Waals surface area contributed by atoms with Crippen molar-refractivity contribution in [3.63, 3.8) is 0 Å². The van der Waals surface area contributed by atoms with E-state index in [1.165, 1.54) is 0 Å². The fourth-order valence-electron chi connectivity index (χ4n) is 7.02. The van der Waals surface area contributed by atoms with E-state index in [1.807, 2.05) is 0 Å². The molecule has 0 aliphatic heterocycles. The van der Waals surface area contributed by atoms with Gasteiger partial charge in [0.2, 0.25) is 0 Å². The molecule has 6 heteroatoms. The van der Waals surface area contributed by atoms with E-state index in [2.05, 4.69) is 191 Å². The van der Waals surface area contributed by atoms with Crippen LogP contribution in [0.3, 0.4) is 0 Å². The summed E-state index contributed by atoms with van der Waals surface area (Å²) in [5.41, 5.74) is 0. The molecule has 0 aliphatic rings. The molecule has 0 aromatic heterocycles. The Morgan fingerprint density at radius 1 is 0.274 bits per heavy atom. The van der Waals surface area contributed by atoms with Crippen LogP contribution in [-0.4, -0.2) is 37.2 Å². The lowest BCUT2D eigenvalue weighted by atomic mass is 10.1. The highest BCUT2D eigenvalue weighted by Gasteiger charge is 2.19. The summed E-state index contributed by atoms with van der Waals surface area (Å²) < 4.78 is 16.8. The molecular weight excluding hydrogens is 901 g/mol. The first-order chi connectivity index (χ1) is 36.0. The Balaban J connectivity index is 4.57. The Bertz CT molecular complexity index is 1720. The summed E-state index contributed by atoms with van der Waals surface area (Å²) in [5, 5.41) is 0. The zero-order chi connectivity index (χ0) is 52.9. The molecule has 0 radical (unpaired) electrons. The molecule has 0 bridgehead atoms. The molecule has 0 aliphatic carbocycles. The number of ether oxygens (including phenoxy) is 3. The quantitative estimate of drug-likeness (QED) is 0.0261. The standard InChI is InChI=1S/C67H102O6/c1-4-7-10-13-16-19-22-25-28-30-31-32-33-34-35-37-39-42-45-48-51-54-57-60-66(69)72-63-64(62-71-65(68)59-56-53-50-47-44-41-38-27-24-21-18-15-12-9-6-3)73-67(70)61-58-55-52-49-46-43-40-36-29-26-23-20-17-14-11-8-5-2/h7-12,16-21,25-29,31-32,34-35,38-40,42-43,49,52,64H,4-6,13-15,22-24,30,33,36-37,41,44-48,50-51,53-63H2,1-3H3/b10-7-,11-8-,12-9-,19-16-,20-17-,21-18-,28-25-,29-26-,32-31-,35-34-,38-27-,42-39-,43-40-,52-49-. The predicted octanol–water partition coefficient (Wildman–Crippen LogP) is 19.5. The molecule has 0 heterocycles. The van der Waals surface area contributed by atoms with Gasteiger partial charge in [0, 0.05) is 19.3 Å². The minimum Gasteiger partial charge on any atom is -0.462 e. The number of unbranched alkanes of at least 4 members (excludes halogenated alkanes) is 10. The van der Waals surface area contributed by atoms with Gasteiger partial charge in [-0.2, -0.15) is 0 Å². The van der Waals surface area contributed by atoms with Crippen LogP contribution in [0.15, 0.2) is 170 Å². The summed E-state index contributed by atoms with van der Waals surface area (Å²) in [4.78, 5) is 38.2. The molecule has 406 valence electrons. The van der Waals surface area contributed by atoms with Crippen LogP contribution in [-0.2, 0) is 28.6 Å². The van der Waals surface area contributed by atoms with Crippen molar-refractivity contribution < 1.29 is 28.6 Å². The van der Waals surface area contributed by atoms with Crippen molar-refractivity contribution in [1.29, 1.82) is 0 Å². The second-order valence-electron chi connectivity index (χ2n) is 18.0. The van der Waals surface area contributed by atoms with E-state index < -0.39 is 6.10 Å². The predicted molar refractivity (Wildman–Crippen MR) is 315 cm³/mol. The van der Waals surface area contributed by atoms with Crippen molar-refractivity contribution in [2.45, 2.75) is 219 Å². The first kappa shape index (κ1) is 67.8. The SMILES string of the molecule is CC/C=C\C/C=C\C/C=C\C/C=C\C/C=C\C/C=C\CCCCCCC(=O)OCC(COC(=O)CCCCCCC/C=C\C/C=C\C/C=C\CC)OC(=O)CCC/C=C\C/C=C\C/C=C\C/C=C\C/C=C\CC. The van der Waals surface area contributed by atoms with Gasteiger partial charge in [0.05, 0.1) is 0 Å². The van der Waals surface area contributed by atoms with Gasteiger partial charge in [-0.15, -0.1) is 0 Å². The number of carbonyl (C=O) groups is 3. The lowest BCUT2D eigenvalue weighted by molar-refractivity contribution is -0.167. The second kappa shape index (κ2) is 59.3. The van der Waals surface area contributed by atoms with Crippen molar-refractivity contribution in [2.75, 3.05) is 13.2 Å². The van der Waals surface area contributed by atoms with E-state index >= 15 is 0 Å². The molecule has 0 N–H and O–H groups in total. The minimum atomic E-state index is -0.836. The third-order valence-electron chi connectivity index (χ3n) is 11.2. The van der Waals surface area contributed by atoms with Gasteiger partial charge in [0.15, 0.2) is 6.10 Å². The summed E-state index contributed by atoms with van der Waals surface area (Å²) in [6.45, 7) is 6.19. The Morgan fingerprint density at radius 3 is 0.808 bits per heavy atom. The van der Waals surface area contributed by atoms with Crippen LogP contribution >= 0.6 is 0 Å². The molecule has 6 nitrogen and oxygen atoms in total. The fourth-order valence-corrected chi connectivity index (χ4v) is 7.02. The minimum absolute atomic E-state index is 0.127. The molecule has 0 aromatic carbocycles. The Kier molecular flexibility index (Phi) is 55.1. The highest BCUT2D eigenvalue weighted by Crippen LogP contribution is 2.12. The van der Waals surface area contributed by atoms with Crippen molar-refractivity contribution >= 4 is 17.9 Å². The van der Waals surface area contributed by atoms with Crippen LogP contribution in [0.4, 0.5) is 0 Å². The van der Waals surface area contributed by atoms with Gasteiger partial charge in [0.1, 0.15) is 13.2 Å². The van der Waals surface area contributed by atoms with Gasteiger partial charge < -0.3 is 14.2 Å². The van der Waals surface area contributed by atoms with E-state index in [0.717, 1.165) is 167 Å². The molecule has 0 saturated carbocycles. The maximum Gasteiger partial charge on any atom is 0.306 e. The molecule has 1 atom stereocenters. The number of rotatable bonds is 49. The number of hydrogen-bond acceptors (Lipinski definition) is 6. The van der Waals surface area contributed by atoms with E-state index in [0.29, 0.717) is 19.3 Å². The Morgan fingerprint density at radius 2 is 0.507 bits per heavy atom. The molecule has 0 rings (SSSR count). The molecule has 73 heavy (non-hydrogen) atoms. The summed E-state index contributed by atoms with van der Waals surface area (Å²) in [6.07, 6.45) is 87.7. The fraction of sp³-hybridized carbons (Fsp3) is 0.537. The van der Waals surface area contributed by atoms with E-state index in [9.17, 15) is 14.4 Å². The third kappa shape index (κ3) is 57.5. The van der Waals surface area contributed by atoms with Gasteiger partial charge in [-0.1, -0.05) is 223 Å². The summed E-state index contributed by atoms with van der Waals surface area (Å²) in [7, 11) is 0. The largest absolute Gasteiger partial charge is 0.462 e. The summed E-state index contributed by atoms with van der Waals surface area (Å²) >= 11 is 0. The number of allylic oxidation sites excluding steroid dienone is 28.